The van der Waals surface area contributed by atoms with Crippen LogP contribution >= 0.6 is 23.1 Å². The standard InChI is InChI=1S/C17H12F3NO2S2/c1-23-16(22)15-14-11(9-25-15)12(7-13(21-14)17(18,19)20)24-8-10-5-3-2-4-6-10/h2-7,9H,8H2,1H3. The van der Waals surface area contributed by atoms with E-state index in [0.717, 1.165) is 23.0 Å². The van der Waals surface area contributed by atoms with Gasteiger partial charge < -0.3 is 4.74 Å². The minimum atomic E-state index is -4.59. The molecule has 0 spiro atoms. The number of methoxy groups -OCH3 is 1. The average Bonchev–Trinajstić information content (AvgIpc) is 3.03. The number of rotatable bonds is 4. The quantitative estimate of drug-likeness (QED) is 0.447. The maximum Gasteiger partial charge on any atom is 0.433 e. The second-order valence-corrected chi connectivity index (χ2v) is 6.99. The highest BCUT2D eigenvalue weighted by Crippen LogP contribution is 2.39. The number of nitrogens with zero attached hydrogens (tertiary/aromatic N) is 1. The number of hydrogen-bond donors (Lipinski definition) is 0. The number of halogens is 3. The molecule has 0 fully saturated rings. The van der Waals surface area contributed by atoms with E-state index in [9.17, 15) is 18.0 Å². The van der Waals surface area contributed by atoms with Crippen LogP contribution in [0, 0.1) is 0 Å². The van der Waals surface area contributed by atoms with Crippen LogP contribution in [0.5, 0.6) is 0 Å². The Morgan fingerprint density at radius 3 is 2.64 bits per heavy atom. The molecular formula is C17H12F3NO2S2. The second kappa shape index (κ2) is 7.05. The predicted molar refractivity (Wildman–Crippen MR) is 92.0 cm³/mol. The summed E-state index contributed by atoms with van der Waals surface area (Å²) >= 11 is 2.31. The summed E-state index contributed by atoms with van der Waals surface area (Å²) in [5, 5.41) is 2.17. The monoisotopic (exact) mass is 383 g/mol. The van der Waals surface area contributed by atoms with Crippen molar-refractivity contribution in [2.75, 3.05) is 7.11 Å². The molecule has 0 unspecified atom stereocenters. The molecule has 0 aliphatic heterocycles. The van der Waals surface area contributed by atoms with E-state index in [1.165, 1.54) is 18.9 Å². The summed E-state index contributed by atoms with van der Waals surface area (Å²) in [6.45, 7) is 0. The maximum atomic E-state index is 13.2. The first-order valence-electron chi connectivity index (χ1n) is 7.14. The summed E-state index contributed by atoms with van der Waals surface area (Å²) in [6.07, 6.45) is -4.59. The van der Waals surface area contributed by atoms with Crippen molar-refractivity contribution >= 4 is 40.0 Å². The fraction of sp³-hybridized carbons (Fsp3) is 0.176. The zero-order chi connectivity index (χ0) is 18.0. The summed E-state index contributed by atoms with van der Waals surface area (Å²) in [5.74, 6) is -0.175. The van der Waals surface area contributed by atoms with Gasteiger partial charge in [-0.25, -0.2) is 9.78 Å². The first kappa shape index (κ1) is 17.8. The fourth-order valence-electron chi connectivity index (χ4n) is 2.23. The minimum absolute atomic E-state index is 0.0298. The van der Waals surface area contributed by atoms with Gasteiger partial charge in [0.1, 0.15) is 10.6 Å². The lowest BCUT2D eigenvalue weighted by molar-refractivity contribution is -0.141. The van der Waals surface area contributed by atoms with Gasteiger partial charge in [0.25, 0.3) is 0 Å². The van der Waals surface area contributed by atoms with Crippen molar-refractivity contribution in [1.29, 1.82) is 0 Å². The van der Waals surface area contributed by atoms with Gasteiger partial charge >= 0.3 is 12.1 Å². The largest absolute Gasteiger partial charge is 0.465 e. The van der Waals surface area contributed by atoms with Gasteiger partial charge in [0, 0.05) is 21.4 Å². The molecule has 0 N–H and O–H groups in total. The number of aromatic nitrogens is 1. The second-order valence-electron chi connectivity index (χ2n) is 5.10. The van der Waals surface area contributed by atoms with Crippen molar-refractivity contribution in [2.24, 2.45) is 0 Å². The number of alkyl halides is 3. The molecule has 25 heavy (non-hydrogen) atoms. The van der Waals surface area contributed by atoms with E-state index in [-0.39, 0.29) is 10.4 Å². The van der Waals surface area contributed by atoms with E-state index in [2.05, 4.69) is 9.72 Å². The van der Waals surface area contributed by atoms with Crippen LogP contribution in [0.4, 0.5) is 13.2 Å². The fourth-order valence-corrected chi connectivity index (χ4v) is 4.25. The lowest BCUT2D eigenvalue weighted by atomic mass is 10.2. The lowest BCUT2D eigenvalue weighted by Gasteiger charge is -2.10. The molecule has 3 nitrogen and oxygen atoms in total. The third-order valence-electron chi connectivity index (χ3n) is 3.43. The Morgan fingerprint density at radius 2 is 2.00 bits per heavy atom. The van der Waals surface area contributed by atoms with Crippen molar-refractivity contribution in [3.05, 3.63) is 57.9 Å². The molecule has 0 aliphatic carbocycles. The Labute approximate surface area is 149 Å². The van der Waals surface area contributed by atoms with E-state index in [0.29, 0.717) is 16.0 Å². The highest BCUT2D eigenvalue weighted by molar-refractivity contribution is 7.98. The number of carbonyl (C=O) groups excluding carboxylic acids is 1. The molecule has 0 atom stereocenters. The molecule has 2 heterocycles. The smallest absolute Gasteiger partial charge is 0.433 e. The van der Waals surface area contributed by atoms with Gasteiger partial charge in [-0.15, -0.1) is 23.1 Å². The van der Waals surface area contributed by atoms with Gasteiger partial charge in [-0.1, -0.05) is 30.3 Å². The van der Waals surface area contributed by atoms with Gasteiger partial charge in [0.2, 0.25) is 0 Å². The molecule has 8 heteroatoms. The molecule has 0 bridgehead atoms. The van der Waals surface area contributed by atoms with Crippen LogP contribution in [-0.2, 0) is 16.7 Å². The topological polar surface area (TPSA) is 39.2 Å². The number of pyridine rings is 1. The van der Waals surface area contributed by atoms with E-state index >= 15 is 0 Å². The summed E-state index contributed by atoms with van der Waals surface area (Å²) < 4.78 is 44.2. The molecule has 1 aromatic carbocycles. The van der Waals surface area contributed by atoms with Crippen LogP contribution < -0.4 is 0 Å². The first-order valence-corrected chi connectivity index (χ1v) is 9.01. The summed E-state index contributed by atoms with van der Waals surface area (Å²) in [5.41, 5.74) is 0.00999. The van der Waals surface area contributed by atoms with Gasteiger partial charge in [-0.3, -0.25) is 0 Å². The molecule has 0 radical (unpaired) electrons. The Bertz CT molecular complexity index is 907. The minimum Gasteiger partial charge on any atom is -0.465 e. The molecular weight excluding hydrogens is 371 g/mol. The van der Waals surface area contributed by atoms with Crippen LogP contribution in [-0.4, -0.2) is 18.1 Å². The van der Waals surface area contributed by atoms with Gasteiger partial charge in [0.05, 0.1) is 12.6 Å². The zero-order valence-electron chi connectivity index (χ0n) is 13.0. The molecule has 2 aromatic heterocycles. The Balaban J connectivity index is 2.06. The van der Waals surface area contributed by atoms with Crippen molar-refractivity contribution < 1.29 is 22.7 Å². The number of benzene rings is 1. The van der Waals surface area contributed by atoms with Gasteiger partial charge in [-0.05, 0) is 11.6 Å². The van der Waals surface area contributed by atoms with Crippen LogP contribution in [0.3, 0.4) is 0 Å². The number of thioether (sulfide) groups is 1. The molecule has 0 saturated heterocycles. The SMILES string of the molecule is COC(=O)c1scc2c(SCc3ccccc3)cc(C(F)(F)F)nc12. The van der Waals surface area contributed by atoms with Crippen LogP contribution in [0.25, 0.3) is 10.9 Å². The maximum absolute atomic E-state index is 13.2. The Hall–Kier alpha value is -2.06. The van der Waals surface area contributed by atoms with E-state index in [4.69, 9.17) is 0 Å². The predicted octanol–water partition coefficient (Wildman–Crippen LogP) is 5.39. The molecule has 130 valence electrons. The average molecular weight is 383 g/mol. The molecule has 0 aliphatic rings. The molecule has 0 saturated carbocycles. The van der Waals surface area contributed by atoms with Crippen LogP contribution in [0.2, 0.25) is 0 Å². The number of esters is 1. The highest BCUT2D eigenvalue weighted by atomic mass is 32.2. The molecule has 3 aromatic rings. The first-order chi connectivity index (χ1) is 11.9. The Morgan fingerprint density at radius 1 is 1.28 bits per heavy atom. The number of hydrogen-bond acceptors (Lipinski definition) is 5. The Kier molecular flexibility index (Phi) is 5.01. The number of thiophene rings is 1. The van der Waals surface area contributed by atoms with Crippen LogP contribution in [0.15, 0.2) is 46.7 Å². The van der Waals surface area contributed by atoms with Crippen molar-refractivity contribution in [2.45, 2.75) is 16.8 Å². The molecule has 0 amide bonds. The molecule has 3 rings (SSSR count). The van der Waals surface area contributed by atoms with E-state index < -0.39 is 17.8 Å². The van der Waals surface area contributed by atoms with Crippen molar-refractivity contribution in [3.8, 4) is 0 Å². The third kappa shape index (κ3) is 3.80. The van der Waals surface area contributed by atoms with E-state index in [1.807, 2.05) is 30.3 Å². The zero-order valence-corrected chi connectivity index (χ0v) is 14.6. The summed E-state index contributed by atoms with van der Waals surface area (Å²) in [4.78, 5) is 16.0. The van der Waals surface area contributed by atoms with Crippen molar-refractivity contribution in [1.82, 2.24) is 4.98 Å². The number of fused-ring (bicyclic) bond motifs is 1. The number of ether oxygens (including phenoxy) is 1. The lowest BCUT2D eigenvalue weighted by Crippen LogP contribution is -2.09. The summed E-state index contributed by atoms with van der Waals surface area (Å²) in [6, 6.07) is 10.5. The van der Waals surface area contributed by atoms with Crippen LogP contribution in [0.1, 0.15) is 20.9 Å². The number of carbonyl (C=O) groups is 1. The van der Waals surface area contributed by atoms with E-state index in [1.54, 1.807) is 5.38 Å². The normalized spacial score (nSPS) is 11.7. The third-order valence-corrected chi connectivity index (χ3v) is 5.50. The van der Waals surface area contributed by atoms with Crippen molar-refractivity contribution in [3.63, 3.8) is 0 Å². The van der Waals surface area contributed by atoms with Gasteiger partial charge in [-0.2, -0.15) is 13.2 Å². The van der Waals surface area contributed by atoms with Gasteiger partial charge in [0.15, 0.2) is 0 Å². The summed E-state index contributed by atoms with van der Waals surface area (Å²) in [7, 11) is 1.19. The highest BCUT2D eigenvalue weighted by Gasteiger charge is 2.34.